The number of hydrogen-bond acceptors (Lipinski definition) is 8. The maximum atomic E-state index is 14.9. The van der Waals surface area contributed by atoms with Gasteiger partial charge in [-0.05, 0) is 76.3 Å². The van der Waals surface area contributed by atoms with E-state index in [1.54, 1.807) is 21.3 Å². The van der Waals surface area contributed by atoms with Gasteiger partial charge in [-0.3, -0.25) is 4.79 Å². The van der Waals surface area contributed by atoms with Crippen LogP contribution in [0.1, 0.15) is 34.8 Å². The number of aliphatic hydroxyl groups is 1. The van der Waals surface area contributed by atoms with Crippen LogP contribution in [-0.4, -0.2) is 57.0 Å². The first-order valence-corrected chi connectivity index (χ1v) is 17.7. The van der Waals surface area contributed by atoms with Gasteiger partial charge in [-0.1, -0.05) is 82.7 Å². The van der Waals surface area contributed by atoms with Crippen molar-refractivity contribution in [3.8, 4) is 34.1 Å². The number of carbonyl (C=O) groups is 1. The highest BCUT2D eigenvalue weighted by Gasteiger charge is 2.53. The molecule has 0 radical (unpaired) electrons. The summed E-state index contributed by atoms with van der Waals surface area (Å²) in [5.74, 6) is 2.14. The van der Waals surface area contributed by atoms with Crippen LogP contribution in [-0.2, 0) is 22.5 Å². The normalized spacial score (nSPS) is 16.4. The Labute approximate surface area is 312 Å². The van der Waals surface area contributed by atoms with Crippen molar-refractivity contribution in [2.24, 2.45) is 4.99 Å². The monoisotopic (exact) mass is 764 g/mol. The first-order chi connectivity index (χ1) is 25.4. The lowest BCUT2D eigenvalue weighted by atomic mass is 9.81. The number of nitrogens with zero attached hydrogens (tertiary/aromatic N) is 1. The lowest BCUT2D eigenvalue weighted by Gasteiger charge is -2.31. The molecule has 0 aliphatic carbocycles. The van der Waals surface area contributed by atoms with Crippen LogP contribution in [0.2, 0.25) is 0 Å². The van der Waals surface area contributed by atoms with Gasteiger partial charge in [-0.2, -0.15) is 0 Å². The number of halogens is 1. The van der Waals surface area contributed by atoms with Gasteiger partial charge in [-0.25, -0.2) is 4.99 Å². The fourth-order valence-electron chi connectivity index (χ4n) is 6.25. The molecule has 2 N–H and O–H groups in total. The summed E-state index contributed by atoms with van der Waals surface area (Å²) in [5, 5.41) is 12.3. The van der Waals surface area contributed by atoms with E-state index in [0.29, 0.717) is 47.5 Å². The number of hydrogen-bond donors (Lipinski definition) is 2. The second-order valence-corrected chi connectivity index (χ2v) is 13.2. The highest BCUT2D eigenvalue weighted by Crippen LogP contribution is 2.44. The largest absolute Gasteiger partial charge is 0.494 e. The van der Waals surface area contributed by atoms with E-state index in [4.69, 9.17) is 33.8 Å². The van der Waals surface area contributed by atoms with E-state index in [0.717, 1.165) is 32.3 Å². The first-order valence-electron chi connectivity index (χ1n) is 16.9. The zero-order chi connectivity index (χ0) is 36.5. The summed E-state index contributed by atoms with van der Waals surface area (Å²) in [6.07, 6.45) is 0.0288. The fraction of sp³-hybridized carbons (Fsp3) is 0.238. The van der Waals surface area contributed by atoms with E-state index in [1.807, 2.05) is 103 Å². The molecule has 268 valence electrons. The number of nitrogens with one attached hydrogen (secondary N) is 1. The number of carbonyl (C=O) groups excluding carboxylic acids is 1. The van der Waals surface area contributed by atoms with Crippen molar-refractivity contribution in [2.75, 3.05) is 34.5 Å². The number of amides is 1. The first kappa shape index (κ1) is 36.5. The van der Waals surface area contributed by atoms with Crippen LogP contribution in [0.5, 0.6) is 23.0 Å². The molecule has 1 aliphatic heterocycles. The lowest BCUT2D eigenvalue weighted by molar-refractivity contribution is -0.129. The van der Waals surface area contributed by atoms with Crippen molar-refractivity contribution >= 4 is 27.7 Å². The standard InChI is InChI=1S/C42H41BrN2O7/c1-48-36-24-29(25-37(49-2)38(36)50-3)27-44-41(47)42(26-28-10-18-34(43)19-11-28)39(32-14-12-31(13-15-32)30-8-5-4-6-9-30)52-40(45-42)33-16-20-35(21-17-33)51-23-7-22-46/h4-6,8-21,24-25,39,46H,7,22-23,26-27H2,1-3H3,(H,44,47)/t39-,42-/m1/s1. The van der Waals surface area contributed by atoms with Crippen LogP contribution < -0.4 is 24.3 Å². The molecule has 1 aliphatic rings. The van der Waals surface area contributed by atoms with Crippen LogP contribution in [0.3, 0.4) is 0 Å². The van der Waals surface area contributed by atoms with Gasteiger partial charge >= 0.3 is 0 Å². The zero-order valence-corrected chi connectivity index (χ0v) is 30.9. The highest BCUT2D eigenvalue weighted by molar-refractivity contribution is 9.10. The smallest absolute Gasteiger partial charge is 0.252 e. The Morgan fingerprint density at radius 2 is 1.44 bits per heavy atom. The SMILES string of the molecule is COc1cc(CNC(=O)[C@]2(Cc3ccc(Br)cc3)N=C(c3ccc(OCCCO)cc3)O[C@@H]2c2ccc(-c3ccccc3)cc2)cc(OC)c1OC. The van der Waals surface area contributed by atoms with Crippen molar-refractivity contribution in [3.63, 3.8) is 0 Å². The Kier molecular flexibility index (Phi) is 11.8. The number of rotatable bonds is 15. The molecule has 0 fully saturated rings. The minimum atomic E-state index is -1.39. The molecule has 2 atom stereocenters. The van der Waals surface area contributed by atoms with Gasteiger partial charge in [-0.15, -0.1) is 0 Å². The summed E-state index contributed by atoms with van der Waals surface area (Å²) in [7, 11) is 4.66. The van der Waals surface area contributed by atoms with E-state index < -0.39 is 11.6 Å². The molecule has 0 saturated heterocycles. The third-order valence-corrected chi connectivity index (χ3v) is 9.44. The van der Waals surface area contributed by atoms with E-state index >= 15 is 0 Å². The van der Waals surface area contributed by atoms with Gasteiger partial charge in [0.1, 0.15) is 5.75 Å². The summed E-state index contributed by atoms with van der Waals surface area (Å²) < 4.78 is 30.1. The van der Waals surface area contributed by atoms with E-state index in [1.165, 1.54) is 0 Å². The van der Waals surface area contributed by atoms with Gasteiger partial charge in [0.15, 0.2) is 23.1 Å². The Morgan fingerprint density at radius 3 is 2.06 bits per heavy atom. The van der Waals surface area contributed by atoms with Crippen LogP contribution in [0.4, 0.5) is 0 Å². The fourth-order valence-corrected chi connectivity index (χ4v) is 6.51. The van der Waals surface area contributed by atoms with Crippen molar-refractivity contribution in [1.82, 2.24) is 5.32 Å². The van der Waals surface area contributed by atoms with Crippen LogP contribution in [0.15, 0.2) is 125 Å². The Hall–Kier alpha value is -5.32. The second kappa shape index (κ2) is 16.8. The third-order valence-electron chi connectivity index (χ3n) is 8.91. The average Bonchev–Trinajstić information content (AvgIpc) is 3.58. The molecular formula is C42H41BrN2O7. The van der Waals surface area contributed by atoms with Crippen molar-refractivity contribution in [1.29, 1.82) is 0 Å². The van der Waals surface area contributed by atoms with Crippen LogP contribution >= 0.6 is 15.9 Å². The summed E-state index contributed by atoms with van der Waals surface area (Å²) in [5.41, 5.74) is 3.92. The number of methoxy groups -OCH3 is 3. The predicted octanol–water partition coefficient (Wildman–Crippen LogP) is 7.72. The molecule has 5 aromatic rings. The maximum Gasteiger partial charge on any atom is 0.252 e. The van der Waals surface area contributed by atoms with Gasteiger partial charge in [0.25, 0.3) is 5.91 Å². The topological polar surface area (TPSA) is 108 Å². The summed E-state index contributed by atoms with van der Waals surface area (Å²) in [6, 6.07) is 37.1. The van der Waals surface area contributed by atoms with Gasteiger partial charge in [0.05, 0.1) is 27.9 Å². The minimum absolute atomic E-state index is 0.0541. The number of aliphatic imine (C=N–C) groups is 1. The number of ether oxygens (including phenoxy) is 5. The highest BCUT2D eigenvalue weighted by atomic mass is 79.9. The van der Waals surface area contributed by atoms with Gasteiger partial charge in [0.2, 0.25) is 11.6 Å². The summed E-state index contributed by atoms with van der Waals surface area (Å²) >= 11 is 3.54. The molecule has 0 aromatic heterocycles. The van der Waals surface area contributed by atoms with E-state index in [9.17, 15) is 4.79 Å². The van der Waals surface area contributed by atoms with Crippen molar-refractivity contribution in [3.05, 3.63) is 142 Å². The molecule has 1 heterocycles. The second-order valence-electron chi connectivity index (χ2n) is 12.3. The molecule has 9 nitrogen and oxygen atoms in total. The molecular weight excluding hydrogens is 724 g/mol. The van der Waals surface area contributed by atoms with Gasteiger partial charge in [0, 0.05) is 36.0 Å². The molecule has 0 unspecified atom stereocenters. The quantitative estimate of drug-likeness (QED) is 0.105. The van der Waals surface area contributed by atoms with E-state index in [-0.39, 0.29) is 25.5 Å². The van der Waals surface area contributed by atoms with E-state index in [2.05, 4.69) is 33.4 Å². The molecule has 52 heavy (non-hydrogen) atoms. The lowest BCUT2D eigenvalue weighted by Crippen LogP contribution is -2.49. The molecule has 0 bridgehead atoms. The minimum Gasteiger partial charge on any atom is -0.494 e. The molecule has 0 spiro atoms. The molecule has 10 heteroatoms. The molecule has 6 rings (SSSR count). The third kappa shape index (κ3) is 8.09. The summed E-state index contributed by atoms with van der Waals surface area (Å²) in [6.45, 7) is 0.622. The molecule has 1 amide bonds. The summed E-state index contributed by atoms with van der Waals surface area (Å²) in [4.78, 5) is 20.0. The Balaban J connectivity index is 1.41. The maximum absolute atomic E-state index is 14.9. The zero-order valence-electron chi connectivity index (χ0n) is 29.3. The molecule has 0 saturated carbocycles. The van der Waals surface area contributed by atoms with Crippen molar-refractivity contribution in [2.45, 2.75) is 31.0 Å². The predicted molar refractivity (Wildman–Crippen MR) is 204 cm³/mol. The Bertz CT molecular complexity index is 1960. The Morgan fingerprint density at radius 1 is 0.808 bits per heavy atom. The van der Waals surface area contributed by atoms with Crippen LogP contribution in [0, 0.1) is 0 Å². The average molecular weight is 766 g/mol. The number of aliphatic hydroxyl groups excluding tert-OH is 1. The van der Waals surface area contributed by atoms with Crippen LogP contribution in [0.25, 0.3) is 11.1 Å². The van der Waals surface area contributed by atoms with Crippen molar-refractivity contribution < 1.29 is 33.6 Å². The molecule has 5 aromatic carbocycles. The van der Waals surface area contributed by atoms with Gasteiger partial charge < -0.3 is 34.1 Å². The number of benzene rings is 5.